The van der Waals surface area contributed by atoms with Crippen LogP contribution < -0.4 is 5.32 Å². The Morgan fingerprint density at radius 2 is 1.94 bits per heavy atom. The molecule has 162 valence electrons. The lowest BCUT2D eigenvalue weighted by Gasteiger charge is -2.09. The van der Waals surface area contributed by atoms with Crippen LogP contribution in [0.4, 0.5) is 18.9 Å². The number of aromatic nitrogens is 4. The van der Waals surface area contributed by atoms with E-state index >= 15 is 0 Å². The minimum absolute atomic E-state index is 0.0666. The van der Waals surface area contributed by atoms with Gasteiger partial charge in [-0.15, -0.1) is 0 Å². The maximum absolute atomic E-state index is 13.1. The number of carbonyl (C=O) groups excluding carboxylic acids is 1. The van der Waals surface area contributed by atoms with Gasteiger partial charge < -0.3 is 5.32 Å². The fourth-order valence-corrected chi connectivity index (χ4v) is 3.60. The maximum atomic E-state index is 13.1. The zero-order chi connectivity index (χ0) is 22.3. The number of alkyl halides is 3. The largest absolute Gasteiger partial charge is 0.435 e. The molecule has 0 saturated heterocycles. The van der Waals surface area contributed by atoms with Crippen LogP contribution in [0.2, 0.25) is 0 Å². The van der Waals surface area contributed by atoms with E-state index in [0.29, 0.717) is 11.4 Å². The Hall–Kier alpha value is -3.75. The molecule has 1 amide bonds. The molecule has 9 heteroatoms. The summed E-state index contributed by atoms with van der Waals surface area (Å²) in [6, 6.07) is 13.7. The summed E-state index contributed by atoms with van der Waals surface area (Å²) in [5.41, 5.74) is 1.74. The predicted octanol–water partition coefficient (Wildman–Crippen LogP) is 4.89. The average molecular weight is 437 g/mol. The average Bonchev–Trinajstić information content (AvgIpc) is 3.51. The van der Waals surface area contributed by atoms with Gasteiger partial charge in [-0.2, -0.15) is 18.3 Å². The summed E-state index contributed by atoms with van der Waals surface area (Å²) in [5.74, 6) is 0.124. The Bertz CT molecular complexity index is 1290. The van der Waals surface area contributed by atoms with Crippen LogP contribution in [0.15, 0.2) is 60.9 Å². The normalized spacial score (nSPS) is 14.0. The molecule has 0 unspecified atom stereocenters. The van der Waals surface area contributed by atoms with E-state index in [1.807, 2.05) is 30.3 Å². The van der Waals surface area contributed by atoms with Gasteiger partial charge in [-0.3, -0.25) is 9.78 Å². The molecule has 5 rings (SSSR count). The Morgan fingerprint density at radius 3 is 2.66 bits per heavy atom. The van der Waals surface area contributed by atoms with Crippen LogP contribution in [0.5, 0.6) is 0 Å². The van der Waals surface area contributed by atoms with Crippen molar-refractivity contribution in [3.8, 4) is 5.82 Å². The van der Waals surface area contributed by atoms with Gasteiger partial charge in [0, 0.05) is 23.2 Å². The predicted molar refractivity (Wildman–Crippen MR) is 112 cm³/mol. The summed E-state index contributed by atoms with van der Waals surface area (Å²) < 4.78 is 40.6. The van der Waals surface area contributed by atoms with Crippen molar-refractivity contribution in [2.24, 2.45) is 0 Å². The molecule has 0 radical (unpaired) electrons. The van der Waals surface area contributed by atoms with Gasteiger partial charge in [0.15, 0.2) is 11.5 Å². The Kier molecular flexibility index (Phi) is 4.88. The van der Waals surface area contributed by atoms with Crippen molar-refractivity contribution in [3.63, 3.8) is 0 Å². The van der Waals surface area contributed by atoms with E-state index in [4.69, 9.17) is 0 Å². The van der Waals surface area contributed by atoms with Gasteiger partial charge in [-0.1, -0.05) is 12.1 Å². The summed E-state index contributed by atoms with van der Waals surface area (Å²) in [6.45, 7) is 0. The zero-order valence-electron chi connectivity index (χ0n) is 16.8. The van der Waals surface area contributed by atoms with Crippen molar-refractivity contribution in [3.05, 3.63) is 77.9 Å². The third kappa shape index (κ3) is 4.18. The topological polar surface area (TPSA) is 72.7 Å². The highest BCUT2D eigenvalue weighted by molar-refractivity contribution is 5.92. The number of amides is 1. The van der Waals surface area contributed by atoms with Gasteiger partial charge in [0.25, 0.3) is 0 Å². The second-order valence-corrected chi connectivity index (χ2v) is 7.80. The van der Waals surface area contributed by atoms with E-state index in [2.05, 4.69) is 20.4 Å². The van der Waals surface area contributed by atoms with Crippen molar-refractivity contribution >= 4 is 22.5 Å². The molecule has 0 bridgehead atoms. The molecule has 6 nitrogen and oxygen atoms in total. The molecule has 1 aliphatic rings. The minimum Gasteiger partial charge on any atom is -0.324 e. The second-order valence-electron chi connectivity index (χ2n) is 7.80. The molecule has 0 spiro atoms. The standard InChI is InChI=1S/C23H18F3N5O/c24-23(25,26)20-12-19(15-4-5-15)31(30-20)21-8-6-17(13-28-21)29-22(32)11-14-3-7-18-16(10-14)2-1-9-27-18/h1-3,6-10,12-13,15H,4-5,11H2,(H,29,32). The van der Waals surface area contributed by atoms with Crippen LogP contribution in [-0.2, 0) is 17.4 Å². The number of hydrogen-bond acceptors (Lipinski definition) is 4. The summed E-state index contributed by atoms with van der Waals surface area (Å²) in [4.78, 5) is 20.9. The number of benzene rings is 1. The van der Waals surface area contributed by atoms with Crippen LogP contribution in [0.25, 0.3) is 16.7 Å². The van der Waals surface area contributed by atoms with E-state index in [1.54, 1.807) is 18.3 Å². The van der Waals surface area contributed by atoms with Gasteiger partial charge in [-0.05, 0) is 54.8 Å². The molecular formula is C23H18F3N5O. The number of pyridine rings is 2. The number of nitrogens with one attached hydrogen (secondary N) is 1. The number of anilines is 1. The molecule has 32 heavy (non-hydrogen) atoms. The molecule has 0 atom stereocenters. The smallest absolute Gasteiger partial charge is 0.324 e. The van der Waals surface area contributed by atoms with Crippen molar-refractivity contribution < 1.29 is 18.0 Å². The second kappa shape index (κ2) is 7.74. The number of rotatable bonds is 5. The molecule has 3 heterocycles. The lowest BCUT2D eigenvalue weighted by molar-refractivity contribution is -0.141. The number of nitrogens with zero attached hydrogens (tertiary/aromatic N) is 4. The van der Waals surface area contributed by atoms with Crippen molar-refractivity contribution in [1.29, 1.82) is 0 Å². The molecule has 1 aromatic carbocycles. The maximum Gasteiger partial charge on any atom is 0.435 e. The summed E-state index contributed by atoms with van der Waals surface area (Å²) in [6.07, 6.45) is 0.466. The Morgan fingerprint density at radius 1 is 1.09 bits per heavy atom. The summed E-state index contributed by atoms with van der Waals surface area (Å²) >= 11 is 0. The monoisotopic (exact) mass is 437 g/mol. The van der Waals surface area contributed by atoms with E-state index in [1.165, 1.54) is 10.9 Å². The van der Waals surface area contributed by atoms with Crippen LogP contribution in [0, 0.1) is 0 Å². The van der Waals surface area contributed by atoms with Crippen LogP contribution >= 0.6 is 0 Å². The fraction of sp³-hybridized carbons (Fsp3) is 0.217. The third-order valence-electron chi connectivity index (χ3n) is 5.30. The first-order valence-corrected chi connectivity index (χ1v) is 10.1. The van der Waals surface area contributed by atoms with E-state index < -0.39 is 11.9 Å². The first-order chi connectivity index (χ1) is 15.4. The zero-order valence-corrected chi connectivity index (χ0v) is 16.8. The molecular weight excluding hydrogens is 419 g/mol. The van der Waals surface area contributed by atoms with Crippen LogP contribution in [0.1, 0.15) is 35.7 Å². The molecule has 1 aliphatic carbocycles. The highest BCUT2D eigenvalue weighted by Gasteiger charge is 2.38. The Balaban J connectivity index is 1.30. The van der Waals surface area contributed by atoms with Gasteiger partial charge in [0.1, 0.15) is 0 Å². The lowest BCUT2D eigenvalue weighted by Crippen LogP contribution is -2.15. The van der Waals surface area contributed by atoms with Crippen LogP contribution in [-0.4, -0.2) is 25.7 Å². The van der Waals surface area contributed by atoms with E-state index in [0.717, 1.165) is 35.4 Å². The van der Waals surface area contributed by atoms with E-state index in [-0.39, 0.29) is 24.1 Å². The summed E-state index contributed by atoms with van der Waals surface area (Å²) in [5, 5.41) is 7.44. The highest BCUT2D eigenvalue weighted by Crippen LogP contribution is 2.42. The molecule has 4 aromatic rings. The summed E-state index contributed by atoms with van der Waals surface area (Å²) in [7, 11) is 0. The molecule has 1 N–H and O–H groups in total. The third-order valence-corrected chi connectivity index (χ3v) is 5.30. The van der Waals surface area contributed by atoms with Crippen LogP contribution in [0.3, 0.4) is 0 Å². The fourth-order valence-electron chi connectivity index (χ4n) is 3.60. The highest BCUT2D eigenvalue weighted by atomic mass is 19.4. The molecule has 0 aliphatic heterocycles. The first-order valence-electron chi connectivity index (χ1n) is 10.1. The number of fused-ring (bicyclic) bond motifs is 1. The minimum atomic E-state index is -4.51. The quantitative estimate of drug-likeness (QED) is 0.482. The van der Waals surface area contributed by atoms with Gasteiger partial charge >= 0.3 is 6.18 Å². The molecule has 1 fully saturated rings. The first kappa shape index (κ1) is 20.2. The number of carbonyl (C=O) groups is 1. The van der Waals surface area contributed by atoms with Crippen molar-refractivity contribution in [2.75, 3.05) is 5.32 Å². The SMILES string of the molecule is O=C(Cc1ccc2ncccc2c1)Nc1ccc(-n2nc(C(F)(F)F)cc2C2CC2)nc1. The number of halogens is 3. The molecule has 1 saturated carbocycles. The van der Waals surface area contributed by atoms with E-state index in [9.17, 15) is 18.0 Å². The van der Waals surface area contributed by atoms with Gasteiger partial charge in [0.05, 0.1) is 23.8 Å². The number of hydrogen-bond donors (Lipinski definition) is 1. The van der Waals surface area contributed by atoms with Crippen molar-refractivity contribution in [1.82, 2.24) is 19.7 Å². The van der Waals surface area contributed by atoms with Crippen molar-refractivity contribution in [2.45, 2.75) is 31.4 Å². The Labute approximate surface area is 181 Å². The van der Waals surface area contributed by atoms with Gasteiger partial charge in [-0.25, -0.2) is 9.67 Å². The molecule has 3 aromatic heterocycles. The van der Waals surface area contributed by atoms with Gasteiger partial charge in [0.2, 0.25) is 5.91 Å². The lowest BCUT2D eigenvalue weighted by atomic mass is 10.1.